The number of hydrogen-bond acceptors (Lipinski definition) is 4. The molecule has 1 aliphatic rings. The number of amides is 1. The van der Waals surface area contributed by atoms with Crippen molar-refractivity contribution in [1.29, 1.82) is 0 Å². The topological polar surface area (TPSA) is 75.0 Å². The van der Waals surface area contributed by atoms with Gasteiger partial charge >= 0.3 is 12.1 Å². The van der Waals surface area contributed by atoms with Gasteiger partial charge in [-0.05, 0) is 37.1 Å². The molecule has 1 fully saturated rings. The Hall–Kier alpha value is -2.84. The number of fused-ring (bicyclic) bond motifs is 1. The summed E-state index contributed by atoms with van der Waals surface area (Å²) < 4.78 is 42.4. The lowest BCUT2D eigenvalue weighted by molar-refractivity contribution is -0.157. The first-order valence-corrected chi connectivity index (χ1v) is 8.19. The Kier molecular flexibility index (Phi) is 3.93. The summed E-state index contributed by atoms with van der Waals surface area (Å²) >= 11 is 0. The minimum Gasteiger partial charge on any atom is -0.417 e. The predicted octanol–water partition coefficient (Wildman–Crippen LogP) is 3.59. The first-order chi connectivity index (χ1) is 12.4. The third kappa shape index (κ3) is 3.04. The molecule has 0 unspecified atom stereocenters. The number of halogens is 3. The molecule has 3 heterocycles. The lowest BCUT2D eigenvalue weighted by Gasteiger charge is -2.30. The van der Waals surface area contributed by atoms with Gasteiger partial charge in [-0.2, -0.15) is 13.2 Å². The van der Waals surface area contributed by atoms with Crippen molar-refractivity contribution < 1.29 is 22.4 Å². The zero-order chi connectivity index (χ0) is 18.3. The zero-order valence-electron chi connectivity index (χ0n) is 13.6. The highest BCUT2D eigenvalue weighted by Crippen LogP contribution is 2.32. The second-order valence-electron chi connectivity index (χ2n) is 6.29. The van der Waals surface area contributed by atoms with E-state index in [0.717, 1.165) is 10.9 Å². The van der Waals surface area contributed by atoms with Crippen LogP contribution in [0.5, 0.6) is 0 Å². The number of benzene rings is 1. The van der Waals surface area contributed by atoms with Crippen molar-refractivity contribution >= 4 is 16.8 Å². The number of piperidine rings is 1. The highest BCUT2D eigenvalue weighted by atomic mass is 19.4. The number of hydrogen-bond donors (Lipinski definition) is 1. The van der Waals surface area contributed by atoms with Crippen LogP contribution in [0, 0.1) is 0 Å². The first-order valence-electron chi connectivity index (χ1n) is 8.19. The van der Waals surface area contributed by atoms with Gasteiger partial charge < -0.3 is 14.3 Å². The van der Waals surface area contributed by atoms with E-state index in [-0.39, 0.29) is 17.7 Å². The molecule has 4 rings (SSSR count). The van der Waals surface area contributed by atoms with E-state index in [9.17, 15) is 18.0 Å². The van der Waals surface area contributed by atoms with Gasteiger partial charge in [0.05, 0.1) is 0 Å². The van der Waals surface area contributed by atoms with Crippen LogP contribution in [0.1, 0.15) is 40.9 Å². The summed E-state index contributed by atoms with van der Waals surface area (Å²) in [7, 11) is 0. The third-order valence-electron chi connectivity index (χ3n) is 4.61. The summed E-state index contributed by atoms with van der Waals surface area (Å²) in [6.07, 6.45) is -1.86. The Morgan fingerprint density at radius 3 is 2.65 bits per heavy atom. The maximum atomic E-state index is 12.7. The van der Waals surface area contributed by atoms with Crippen LogP contribution in [0.15, 0.2) is 34.9 Å². The molecular weight excluding hydrogens is 349 g/mol. The van der Waals surface area contributed by atoms with Crippen molar-refractivity contribution in [1.82, 2.24) is 20.1 Å². The predicted molar refractivity (Wildman–Crippen MR) is 85.5 cm³/mol. The molecule has 0 saturated carbocycles. The van der Waals surface area contributed by atoms with Gasteiger partial charge in [-0.1, -0.05) is 0 Å². The van der Waals surface area contributed by atoms with Gasteiger partial charge in [-0.3, -0.25) is 4.79 Å². The molecule has 9 heteroatoms. The fourth-order valence-corrected chi connectivity index (χ4v) is 3.21. The maximum Gasteiger partial charge on any atom is 0.470 e. The van der Waals surface area contributed by atoms with Crippen LogP contribution in [0.4, 0.5) is 13.2 Å². The molecule has 0 spiro atoms. The fraction of sp³-hybridized carbons (Fsp3) is 0.353. The third-order valence-corrected chi connectivity index (χ3v) is 4.61. The number of carbonyl (C=O) groups is 1. The summed E-state index contributed by atoms with van der Waals surface area (Å²) in [6.45, 7) is 0.858. The molecule has 1 amide bonds. The van der Waals surface area contributed by atoms with Crippen LogP contribution in [0.2, 0.25) is 0 Å². The molecule has 136 valence electrons. The smallest absolute Gasteiger partial charge is 0.417 e. The number of likely N-dealkylation sites (tertiary alicyclic amines) is 1. The number of alkyl halides is 3. The van der Waals surface area contributed by atoms with Gasteiger partial charge in [-0.25, -0.2) is 0 Å². The zero-order valence-corrected chi connectivity index (χ0v) is 13.6. The highest BCUT2D eigenvalue weighted by molar-refractivity contribution is 5.98. The normalized spacial score (nSPS) is 16.3. The van der Waals surface area contributed by atoms with E-state index >= 15 is 0 Å². The molecule has 3 aromatic rings. The van der Waals surface area contributed by atoms with Gasteiger partial charge in [0.15, 0.2) is 0 Å². The first kappa shape index (κ1) is 16.6. The van der Waals surface area contributed by atoms with Crippen molar-refractivity contribution in [3.8, 4) is 0 Å². The van der Waals surface area contributed by atoms with Crippen molar-refractivity contribution in [3.05, 3.63) is 47.8 Å². The number of nitrogens with zero attached hydrogens (tertiary/aromatic N) is 3. The number of H-pyrrole nitrogens is 1. The summed E-state index contributed by atoms with van der Waals surface area (Å²) in [5.41, 5.74) is 1.55. The standard InChI is InChI=1S/C17H15F3N4O2/c18-17(19,20)16-23-22-14(26-16)10-4-7-24(8-5-10)15(25)12-1-2-13-11(9-12)3-6-21-13/h1-3,6,9-10,21H,4-5,7-8H2. The summed E-state index contributed by atoms with van der Waals surface area (Å²) in [5, 5.41) is 7.54. The van der Waals surface area contributed by atoms with Crippen molar-refractivity contribution in [2.45, 2.75) is 24.9 Å². The van der Waals surface area contributed by atoms with E-state index in [1.54, 1.807) is 11.0 Å². The van der Waals surface area contributed by atoms with Gasteiger partial charge in [0.1, 0.15) is 0 Å². The van der Waals surface area contributed by atoms with E-state index in [1.807, 2.05) is 24.4 Å². The molecular formula is C17H15F3N4O2. The monoisotopic (exact) mass is 364 g/mol. The molecule has 0 bridgehead atoms. The molecule has 1 aliphatic heterocycles. The summed E-state index contributed by atoms with van der Waals surface area (Å²) in [5.74, 6) is -1.70. The number of aromatic nitrogens is 3. The Labute approximate surface area is 146 Å². The Morgan fingerprint density at radius 1 is 1.19 bits per heavy atom. The molecule has 1 N–H and O–H groups in total. The van der Waals surface area contributed by atoms with Crippen molar-refractivity contribution in [2.24, 2.45) is 0 Å². The minimum atomic E-state index is -4.64. The molecule has 1 aromatic carbocycles. The molecule has 26 heavy (non-hydrogen) atoms. The lowest BCUT2D eigenvalue weighted by Crippen LogP contribution is -2.38. The van der Waals surface area contributed by atoms with Crippen molar-refractivity contribution in [3.63, 3.8) is 0 Å². The molecule has 1 saturated heterocycles. The second-order valence-corrected chi connectivity index (χ2v) is 6.29. The Bertz CT molecular complexity index is 939. The summed E-state index contributed by atoms with van der Waals surface area (Å²) in [6, 6.07) is 7.34. The molecule has 2 aromatic heterocycles. The van der Waals surface area contributed by atoms with E-state index in [4.69, 9.17) is 4.42 Å². The van der Waals surface area contributed by atoms with Gasteiger partial charge in [0, 0.05) is 41.7 Å². The summed E-state index contributed by atoms with van der Waals surface area (Å²) in [4.78, 5) is 17.4. The molecule has 6 nitrogen and oxygen atoms in total. The van der Waals surface area contributed by atoms with Crippen LogP contribution >= 0.6 is 0 Å². The SMILES string of the molecule is O=C(c1ccc2[nH]ccc2c1)N1CCC(c2nnc(C(F)(F)F)o2)CC1. The molecule has 0 atom stereocenters. The Balaban J connectivity index is 1.42. The lowest BCUT2D eigenvalue weighted by atomic mass is 9.96. The van der Waals surface area contributed by atoms with Crippen LogP contribution in [0.25, 0.3) is 10.9 Å². The number of rotatable bonds is 2. The number of nitrogens with one attached hydrogen (secondary N) is 1. The maximum absolute atomic E-state index is 12.7. The van der Waals surface area contributed by atoms with Gasteiger partial charge in [0.25, 0.3) is 5.91 Å². The van der Waals surface area contributed by atoms with Gasteiger partial charge in [0.2, 0.25) is 5.89 Å². The van der Waals surface area contributed by atoms with Crippen LogP contribution in [0.3, 0.4) is 0 Å². The number of aromatic amines is 1. The van der Waals surface area contributed by atoms with Crippen LogP contribution in [-0.2, 0) is 6.18 Å². The largest absolute Gasteiger partial charge is 0.470 e. The Morgan fingerprint density at radius 2 is 1.96 bits per heavy atom. The minimum absolute atomic E-state index is 0.0156. The molecule has 0 radical (unpaired) electrons. The van der Waals surface area contributed by atoms with E-state index in [0.29, 0.717) is 31.5 Å². The average Bonchev–Trinajstić information content (AvgIpc) is 3.29. The quantitative estimate of drug-likeness (QED) is 0.754. The molecule has 0 aliphatic carbocycles. The van der Waals surface area contributed by atoms with E-state index in [2.05, 4.69) is 15.2 Å². The van der Waals surface area contributed by atoms with E-state index < -0.39 is 12.1 Å². The number of carbonyl (C=O) groups excluding carboxylic acids is 1. The highest BCUT2D eigenvalue weighted by Gasteiger charge is 2.39. The second kappa shape index (κ2) is 6.15. The van der Waals surface area contributed by atoms with Gasteiger partial charge in [-0.15, -0.1) is 10.2 Å². The average molecular weight is 364 g/mol. The van der Waals surface area contributed by atoms with E-state index in [1.165, 1.54) is 0 Å². The van der Waals surface area contributed by atoms with Crippen LogP contribution in [-0.4, -0.2) is 39.1 Å². The van der Waals surface area contributed by atoms with Crippen LogP contribution < -0.4 is 0 Å². The van der Waals surface area contributed by atoms with Crippen molar-refractivity contribution in [2.75, 3.05) is 13.1 Å². The fourth-order valence-electron chi connectivity index (χ4n) is 3.21.